The number of nitrogens with one attached hydrogen (secondary N) is 1. The molecule has 3 aromatic rings. The van der Waals surface area contributed by atoms with Crippen molar-refractivity contribution in [1.82, 2.24) is 19.6 Å². The van der Waals surface area contributed by atoms with E-state index < -0.39 is 0 Å². The summed E-state index contributed by atoms with van der Waals surface area (Å²) in [4.78, 5) is 22.4. The number of amides is 1. The summed E-state index contributed by atoms with van der Waals surface area (Å²) in [5.74, 6) is 1.20. The molecule has 1 aliphatic heterocycles. The van der Waals surface area contributed by atoms with Gasteiger partial charge in [0.05, 0.1) is 10.6 Å². The highest BCUT2D eigenvalue weighted by Gasteiger charge is 2.27. The molecule has 1 N–H and O–H groups in total. The lowest BCUT2D eigenvalue weighted by Gasteiger charge is -2.30. The van der Waals surface area contributed by atoms with Gasteiger partial charge in [0.1, 0.15) is 17.3 Å². The van der Waals surface area contributed by atoms with Crippen molar-refractivity contribution in [3.05, 3.63) is 34.7 Å². The number of aromatic nitrogens is 4. The first-order chi connectivity index (χ1) is 14.2. The minimum Gasteiger partial charge on any atom is -0.366 e. The average molecular weight is 447 g/mol. The molecule has 1 aliphatic rings. The summed E-state index contributed by atoms with van der Waals surface area (Å²) in [5, 5.41) is 8.63. The second-order valence-corrected chi connectivity index (χ2v) is 9.41. The van der Waals surface area contributed by atoms with Crippen LogP contribution in [0.3, 0.4) is 0 Å². The van der Waals surface area contributed by atoms with Crippen molar-refractivity contribution in [3.8, 4) is 11.1 Å². The van der Waals surface area contributed by atoms with E-state index in [1.807, 2.05) is 12.1 Å². The number of hydrogen-bond acceptors (Lipinski definition) is 5. The summed E-state index contributed by atoms with van der Waals surface area (Å²) in [7, 11) is 0. The van der Waals surface area contributed by atoms with E-state index in [-0.39, 0.29) is 22.5 Å². The number of rotatable bonds is 4. The van der Waals surface area contributed by atoms with Crippen molar-refractivity contribution >= 4 is 46.4 Å². The molecule has 158 valence electrons. The van der Waals surface area contributed by atoms with Crippen LogP contribution in [0.1, 0.15) is 40.5 Å². The number of benzene rings is 1. The van der Waals surface area contributed by atoms with E-state index in [4.69, 9.17) is 23.2 Å². The second kappa shape index (κ2) is 7.71. The van der Waals surface area contributed by atoms with Crippen molar-refractivity contribution in [2.75, 3.05) is 16.8 Å². The summed E-state index contributed by atoms with van der Waals surface area (Å²) in [5.41, 5.74) is 2.14. The SMILES string of the molecule is C[C@@H](Nc1c(-c2ccc(N3CCCC3=O)cc2Cl)c(Cl)nc2ncnn12)C(C)(C)C. The predicted octanol–water partition coefficient (Wildman–Crippen LogP) is 5.07. The molecular weight excluding hydrogens is 423 g/mol. The summed E-state index contributed by atoms with van der Waals surface area (Å²) in [6.45, 7) is 9.27. The van der Waals surface area contributed by atoms with E-state index >= 15 is 0 Å². The molecule has 1 amide bonds. The molecular formula is C21H24Cl2N6O. The zero-order chi connectivity index (χ0) is 21.6. The van der Waals surface area contributed by atoms with E-state index in [1.54, 1.807) is 15.5 Å². The zero-order valence-corrected chi connectivity index (χ0v) is 18.9. The molecule has 0 aliphatic carbocycles. The van der Waals surface area contributed by atoms with Gasteiger partial charge in [0.2, 0.25) is 5.91 Å². The number of halogens is 2. The molecule has 1 atom stereocenters. The van der Waals surface area contributed by atoms with E-state index in [1.165, 1.54) is 6.33 Å². The topological polar surface area (TPSA) is 75.4 Å². The molecule has 1 saturated heterocycles. The number of carbonyl (C=O) groups is 1. The minimum atomic E-state index is -0.0102. The van der Waals surface area contributed by atoms with Crippen molar-refractivity contribution in [2.24, 2.45) is 5.41 Å². The lowest BCUT2D eigenvalue weighted by molar-refractivity contribution is -0.117. The first-order valence-electron chi connectivity index (χ1n) is 9.93. The van der Waals surface area contributed by atoms with Gasteiger partial charge < -0.3 is 10.2 Å². The molecule has 0 bridgehead atoms. The van der Waals surface area contributed by atoms with Crippen molar-refractivity contribution < 1.29 is 4.79 Å². The normalized spacial score (nSPS) is 15.8. The Kier molecular flexibility index (Phi) is 5.36. The lowest BCUT2D eigenvalue weighted by atomic mass is 9.88. The number of hydrogen-bond donors (Lipinski definition) is 1. The highest BCUT2D eigenvalue weighted by atomic mass is 35.5. The second-order valence-electron chi connectivity index (χ2n) is 8.64. The maximum Gasteiger partial charge on any atom is 0.255 e. The molecule has 2 aromatic heterocycles. The third kappa shape index (κ3) is 3.72. The van der Waals surface area contributed by atoms with Gasteiger partial charge >= 0.3 is 0 Å². The van der Waals surface area contributed by atoms with Crippen LogP contribution < -0.4 is 10.2 Å². The van der Waals surface area contributed by atoms with Crippen LogP contribution in [-0.2, 0) is 4.79 Å². The molecule has 0 radical (unpaired) electrons. The molecule has 30 heavy (non-hydrogen) atoms. The van der Waals surface area contributed by atoms with Gasteiger partial charge in [-0.2, -0.15) is 19.6 Å². The first kappa shape index (κ1) is 20.9. The number of anilines is 2. The Balaban J connectivity index is 1.85. The van der Waals surface area contributed by atoms with Crippen LogP contribution in [0.2, 0.25) is 10.2 Å². The number of fused-ring (bicyclic) bond motifs is 1. The lowest BCUT2D eigenvalue weighted by Crippen LogP contribution is -2.32. The largest absolute Gasteiger partial charge is 0.366 e. The Morgan fingerprint density at radius 2 is 2.00 bits per heavy atom. The third-order valence-corrected chi connectivity index (χ3v) is 6.23. The van der Waals surface area contributed by atoms with Crippen LogP contribution in [-0.4, -0.2) is 38.1 Å². The Bertz CT molecular complexity index is 1120. The van der Waals surface area contributed by atoms with E-state index in [9.17, 15) is 4.79 Å². The van der Waals surface area contributed by atoms with Crippen LogP contribution in [0.25, 0.3) is 16.9 Å². The van der Waals surface area contributed by atoms with E-state index in [0.29, 0.717) is 40.7 Å². The van der Waals surface area contributed by atoms with Crippen molar-refractivity contribution in [3.63, 3.8) is 0 Å². The van der Waals surface area contributed by atoms with Crippen LogP contribution in [0.4, 0.5) is 11.5 Å². The standard InChI is InChI=1S/C21H24Cl2N6O/c1-12(21(2,3)4)26-19-17(18(23)27-20-24-11-25-29(19)20)14-8-7-13(10-15(14)22)28-9-5-6-16(28)30/h7-8,10-12,26H,5-6,9H2,1-4H3/t12-/m1/s1. The molecule has 7 nitrogen and oxygen atoms in total. The molecule has 0 spiro atoms. The van der Waals surface area contributed by atoms with Gasteiger partial charge in [0.15, 0.2) is 0 Å². The average Bonchev–Trinajstić information content (AvgIpc) is 3.30. The summed E-state index contributed by atoms with van der Waals surface area (Å²) in [6, 6.07) is 5.67. The van der Waals surface area contributed by atoms with Crippen LogP contribution >= 0.6 is 23.2 Å². The van der Waals surface area contributed by atoms with Gasteiger partial charge in [0.25, 0.3) is 5.78 Å². The fraction of sp³-hybridized carbons (Fsp3) is 0.429. The van der Waals surface area contributed by atoms with E-state index in [0.717, 1.165) is 12.1 Å². The Morgan fingerprint density at radius 3 is 2.63 bits per heavy atom. The van der Waals surface area contributed by atoms with Crippen LogP contribution in [0.15, 0.2) is 24.5 Å². The van der Waals surface area contributed by atoms with Crippen LogP contribution in [0.5, 0.6) is 0 Å². The summed E-state index contributed by atoms with van der Waals surface area (Å²) >= 11 is 13.3. The first-order valence-corrected chi connectivity index (χ1v) is 10.7. The van der Waals surface area contributed by atoms with Gasteiger partial charge in [-0.3, -0.25) is 4.79 Å². The van der Waals surface area contributed by atoms with Crippen molar-refractivity contribution in [2.45, 2.75) is 46.6 Å². The Morgan fingerprint density at radius 1 is 1.23 bits per heavy atom. The van der Waals surface area contributed by atoms with Gasteiger partial charge in [-0.1, -0.05) is 50.0 Å². The Hall–Kier alpha value is -2.38. The maximum absolute atomic E-state index is 12.1. The quantitative estimate of drug-likeness (QED) is 0.565. The molecule has 0 saturated carbocycles. The monoisotopic (exact) mass is 446 g/mol. The Labute approximate surface area is 185 Å². The third-order valence-electron chi connectivity index (χ3n) is 5.64. The number of carbonyl (C=O) groups excluding carboxylic acids is 1. The van der Waals surface area contributed by atoms with Gasteiger partial charge in [-0.25, -0.2) is 0 Å². The predicted molar refractivity (Wildman–Crippen MR) is 120 cm³/mol. The van der Waals surface area contributed by atoms with Crippen LogP contribution in [0, 0.1) is 5.41 Å². The maximum atomic E-state index is 12.1. The summed E-state index contributed by atoms with van der Waals surface area (Å²) < 4.78 is 1.64. The minimum absolute atomic E-state index is 0.0102. The molecule has 4 rings (SSSR count). The fourth-order valence-corrected chi connectivity index (χ4v) is 3.94. The molecule has 0 unspecified atom stereocenters. The number of nitrogens with zero attached hydrogens (tertiary/aromatic N) is 5. The summed E-state index contributed by atoms with van der Waals surface area (Å²) in [6.07, 6.45) is 2.87. The van der Waals surface area contributed by atoms with Gasteiger partial charge in [-0.15, -0.1) is 0 Å². The molecule has 3 heterocycles. The molecule has 9 heteroatoms. The zero-order valence-electron chi connectivity index (χ0n) is 17.4. The fourth-order valence-electron chi connectivity index (χ4n) is 3.41. The molecule has 1 fully saturated rings. The highest BCUT2D eigenvalue weighted by molar-refractivity contribution is 6.36. The smallest absolute Gasteiger partial charge is 0.255 e. The van der Waals surface area contributed by atoms with E-state index in [2.05, 4.69) is 48.1 Å². The van der Waals surface area contributed by atoms with Gasteiger partial charge in [-0.05, 0) is 30.9 Å². The molecule has 1 aromatic carbocycles. The highest BCUT2D eigenvalue weighted by Crippen LogP contribution is 2.41. The van der Waals surface area contributed by atoms with Crippen molar-refractivity contribution in [1.29, 1.82) is 0 Å². The van der Waals surface area contributed by atoms with Gasteiger partial charge in [0, 0.05) is 30.3 Å².